The summed E-state index contributed by atoms with van der Waals surface area (Å²) in [4.78, 5) is 63.6. The van der Waals surface area contributed by atoms with Crippen LogP contribution in [0.15, 0.2) is 36.4 Å². The van der Waals surface area contributed by atoms with Gasteiger partial charge in [0, 0.05) is 46.0 Å². The van der Waals surface area contributed by atoms with Crippen LogP contribution in [0, 0.1) is 0 Å². The van der Waals surface area contributed by atoms with Gasteiger partial charge in [0.2, 0.25) is 6.29 Å². The maximum Gasteiger partial charge on any atom is 0.546 e. The van der Waals surface area contributed by atoms with Crippen LogP contribution in [0.5, 0.6) is 11.5 Å². The highest BCUT2D eigenvalue weighted by molar-refractivity contribution is 6.37. The number of hydrogen-bond donors (Lipinski definition) is 1. The summed E-state index contributed by atoms with van der Waals surface area (Å²) in [6, 6.07) is 10.7. The van der Waals surface area contributed by atoms with Crippen LogP contribution in [0.2, 0.25) is 0 Å². The molecule has 5 aromatic rings. The van der Waals surface area contributed by atoms with Crippen LogP contribution >= 0.6 is 0 Å². The summed E-state index contributed by atoms with van der Waals surface area (Å²) in [6.45, 7) is 13.0. The van der Waals surface area contributed by atoms with Gasteiger partial charge in [0.25, 0.3) is 0 Å². The minimum Gasteiger partial charge on any atom is -0.449 e. The molecule has 0 aliphatic heterocycles. The lowest BCUT2D eigenvalue weighted by Gasteiger charge is -2.30. The predicted molar refractivity (Wildman–Crippen MR) is 217 cm³/mol. The zero-order valence-electron chi connectivity index (χ0n) is 34.4. The van der Waals surface area contributed by atoms with Gasteiger partial charge in [-0.15, -0.1) is 0 Å². The smallest absolute Gasteiger partial charge is 0.449 e. The van der Waals surface area contributed by atoms with E-state index in [-0.39, 0.29) is 23.7 Å². The number of ether oxygens (including phenoxy) is 7. The van der Waals surface area contributed by atoms with E-state index in [1.165, 1.54) is 7.11 Å². The van der Waals surface area contributed by atoms with Crippen LogP contribution < -0.4 is 19.9 Å². The average molecular weight is 813 g/mol. The summed E-state index contributed by atoms with van der Waals surface area (Å²) in [7, 11) is 1.41. The lowest BCUT2D eigenvalue weighted by Crippen LogP contribution is -2.30. The van der Waals surface area contributed by atoms with Crippen molar-refractivity contribution in [2.45, 2.75) is 117 Å². The molecule has 0 aromatic heterocycles. The Bertz CT molecular complexity index is 2620. The van der Waals surface area contributed by atoms with Crippen molar-refractivity contribution in [3.63, 3.8) is 0 Å². The molecule has 2 aliphatic carbocycles. The van der Waals surface area contributed by atoms with Crippen molar-refractivity contribution >= 4 is 79.5 Å². The number of hydrogen-bond acceptors (Lipinski definition) is 13. The van der Waals surface area contributed by atoms with Crippen molar-refractivity contribution in [3.8, 4) is 11.5 Å². The first-order valence-corrected chi connectivity index (χ1v) is 19.9. The van der Waals surface area contributed by atoms with Gasteiger partial charge in [-0.2, -0.15) is 4.89 Å². The van der Waals surface area contributed by atoms with E-state index in [4.69, 9.17) is 42.9 Å². The molecule has 2 aliphatic rings. The summed E-state index contributed by atoms with van der Waals surface area (Å²) in [5.41, 5.74) is -0.745. The van der Waals surface area contributed by atoms with Crippen molar-refractivity contribution in [2.75, 3.05) is 7.11 Å². The van der Waals surface area contributed by atoms with Gasteiger partial charge in [-0.1, -0.05) is 76.4 Å². The van der Waals surface area contributed by atoms with Crippen LogP contribution in [-0.4, -0.2) is 54.3 Å². The summed E-state index contributed by atoms with van der Waals surface area (Å²) in [6.07, 6.45) is -1.22. The van der Waals surface area contributed by atoms with Crippen LogP contribution in [0.1, 0.15) is 104 Å². The Morgan fingerprint density at radius 1 is 0.746 bits per heavy atom. The van der Waals surface area contributed by atoms with Crippen molar-refractivity contribution in [1.82, 2.24) is 0 Å². The van der Waals surface area contributed by atoms with E-state index in [1.54, 1.807) is 45.9 Å². The average Bonchev–Trinajstić information content (AvgIpc) is 3.17. The zero-order valence-corrected chi connectivity index (χ0v) is 34.4. The first kappa shape index (κ1) is 41.3. The van der Waals surface area contributed by atoms with Gasteiger partial charge < -0.3 is 38.3 Å². The highest BCUT2D eigenvalue weighted by Gasteiger charge is 2.38. The Kier molecular flexibility index (Phi) is 11.2. The maximum atomic E-state index is 13.7. The van der Waals surface area contributed by atoms with Crippen LogP contribution in [0.4, 0.5) is 19.2 Å². The summed E-state index contributed by atoms with van der Waals surface area (Å²) >= 11 is 0. The third-order valence-corrected chi connectivity index (χ3v) is 10.7. The van der Waals surface area contributed by atoms with E-state index in [2.05, 4.69) is 0 Å². The third kappa shape index (κ3) is 7.74. The second-order valence-corrected chi connectivity index (χ2v) is 16.0. The number of rotatable bonds is 15. The molecular weight excluding hydrogens is 764 g/mol. The van der Waals surface area contributed by atoms with E-state index in [9.17, 15) is 24.3 Å². The highest BCUT2D eigenvalue weighted by atomic mass is 17.2. The molecule has 0 bridgehead atoms. The fraction of sp³-hybridized carbons (Fsp3) is 0.422. The summed E-state index contributed by atoms with van der Waals surface area (Å²) in [5.74, 6) is -0.297. The molecule has 0 heterocycles. The lowest BCUT2D eigenvalue weighted by atomic mass is 9.79. The van der Waals surface area contributed by atoms with Crippen molar-refractivity contribution in [1.29, 1.82) is 0 Å². The maximum absolute atomic E-state index is 13.7. The molecule has 0 spiro atoms. The largest absolute Gasteiger partial charge is 0.546 e. The topological polar surface area (TPSA) is 172 Å². The minimum atomic E-state index is -1.61. The number of carbonyl (C=O) groups excluding carboxylic acids is 3. The first-order chi connectivity index (χ1) is 28.1. The monoisotopic (exact) mass is 812 g/mol. The van der Waals surface area contributed by atoms with Crippen molar-refractivity contribution in [2.24, 2.45) is 0 Å². The van der Waals surface area contributed by atoms with Gasteiger partial charge in [0.15, 0.2) is 23.4 Å². The normalized spacial score (nSPS) is 15.1. The van der Waals surface area contributed by atoms with E-state index in [0.29, 0.717) is 79.7 Å². The molecule has 1 N–H and O–H groups in total. The van der Waals surface area contributed by atoms with E-state index in [0.717, 1.165) is 23.4 Å². The van der Waals surface area contributed by atoms with E-state index >= 15 is 0 Å². The standard InChI is InChI=1S/C45H48O14/c1-9-12-29(51-8)52-41(48)54-37-26-18-14-24-16-20-28-35-31(24)33(26)32-25(36(37)53-40(46)47)17-13-23-15-19-27(34(35)30(23)32)38(55-42(49)57-44(4,5)21-10-2)39(28)56-43(50)58-59-45(6,7)22-11-3/h13-18,20,29,37H,9-12,19,21-22H2,1-8H3,(H,46,47). The Labute approximate surface area is 339 Å². The summed E-state index contributed by atoms with van der Waals surface area (Å²) < 4.78 is 40.0. The highest BCUT2D eigenvalue weighted by Crippen LogP contribution is 2.53. The van der Waals surface area contributed by atoms with E-state index in [1.807, 2.05) is 45.0 Å². The molecule has 14 nitrogen and oxygen atoms in total. The lowest BCUT2D eigenvalue weighted by molar-refractivity contribution is -0.314. The zero-order chi connectivity index (χ0) is 42.4. The molecule has 14 heteroatoms. The quantitative estimate of drug-likeness (QED) is 0.0155. The molecular formula is C45H48O14. The van der Waals surface area contributed by atoms with Gasteiger partial charge in [-0.3, -0.25) is 4.89 Å². The molecule has 0 fully saturated rings. The first-order valence-electron chi connectivity index (χ1n) is 19.9. The SMILES string of the molecule is CCCC(OC)OC(=O)OC1C(OC(=O)O)=c2ccc3c4c5c(c(OC(=O)OC(C)(C)CCC)c(OC(=O)OOC(C)(C)CCC)c6ccc7ccc1c(c24)c7c65)CC=3. The second kappa shape index (κ2) is 16.1. The molecule has 0 saturated heterocycles. The van der Waals surface area contributed by atoms with Gasteiger partial charge in [0.1, 0.15) is 11.2 Å². The van der Waals surface area contributed by atoms with Crippen LogP contribution in [-0.2, 0) is 39.9 Å². The summed E-state index contributed by atoms with van der Waals surface area (Å²) in [5, 5.41) is 16.3. The van der Waals surface area contributed by atoms with Crippen LogP contribution in [0.25, 0.3) is 54.9 Å². The van der Waals surface area contributed by atoms with Crippen LogP contribution in [0.3, 0.4) is 0 Å². The Hall–Kier alpha value is -5.86. The van der Waals surface area contributed by atoms with Gasteiger partial charge in [0.05, 0.1) is 0 Å². The van der Waals surface area contributed by atoms with Gasteiger partial charge in [-0.05, 0) is 85.2 Å². The van der Waals surface area contributed by atoms with Gasteiger partial charge >= 0.3 is 24.6 Å². The number of methoxy groups -OCH3 is 1. The Morgan fingerprint density at radius 2 is 1.46 bits per heavy atom. The molecule has 0 radical (unpaired) electrons. The fourth-order valence-electron chi connectivity index (χ4n) is 8.48. The number of carbonyl (C=O) groups is 4. The Morgan fingerprint density at radius 3 is 2.15 bits per heavy atom. The van der Waals surface area contributed by atoms with E-state index < -0.39 is 48.2 Å². The predicted octanol–water partition coefficient (Wildman–Crippen LogP) is 9.98. The van der Waals surface area contributed by atoms with Crippen molar-refractivity contribution in [3.05, 3.63) is 58.0 Å². The molecule has 7 rings (SSSR count). The molecule has 5 aromatic carbocycles. The molecule has 2 atom stereocenters. The minimum absolute atomic E-state index is 0.0569. The molecule has 2 unspecified atom stereocenters. The van der Waals surface area contributed by atoms with Gasteiger partial charge in [-0.25, -0.2) is 19.2 Å². The second-order valence-electron chi connectivity index (χ2n) is 16.0. The molecule has 59 heavy (non-hydrogen) atoms. The molecule has 312 valence electrons. The molecule has 0 amide bonds. The number of benzene rings is 5. The number of carboxylic acid groups (broad SMARTS) is 1. The third-order valence-electron chi connectivity index (χ3n) is 10.7. The van der Waals surface area contributed by atoms with Crippen molar-refractivity contribution < 1.29 is 67.2 Å². The molecule has 0 saturated carbocycles. The fourth-order valence-corrected chi connectivity index (χ4v) is 8.48. The Balaban J connectivity index is 1.51.